The highest BCUT2D eigenvalue weighted by atomic mass is 32.2. The smallest absolute Gasteiger partial charge is 0.00704 e. The van der Waals surface area contributed by atoms with Gasteiger partial charge in [0.05, 0.1) is 0 Å². The van der Waals surface area contributed by atoms with E-state index in [1.165, 1.54) is 22.7 Å². The maximum Gasteiger partial charge on any atom is 0.00704 e. The van der Waals surface area contributed by atoms with Crippen molar-refractivity contribution in [2.75, 3.05) is 5.75 Å². The molecule has 0 bridgehead atoms. The van der Waals surface area contributed by atoms with E-state index < -0.39 is 0 Å². The number of allylic oxidation sites excluding steroid dienone is 5. The Labute approximate surface area is 78.4 Å². The molecule has 64 valence electrons. The standard InChI is InChI=1S/C11H14S/c1-8-3-5-10-9(2)7-12-11(10)6-4-8/h3-4,6,9H,5,7H2,1-2H3. The molecule has 0 aromatic rings. The lowest BCUT2D eigenvalue weighted by Gasteiger charge is -2.04. The maximum absolute atomic E-state index is 2.33. The van der Waals surface area contributed by atoms with Crippen molar-refractivity contribution in [3.8, 4) is 0 Å². The van der Waals surface area contributed by atoms with E-state index in [2.05, 4.69) is 32.1 Å². The van der Waals surface area contributed by atoms with Gasteiger partial charge in [-0.3, -0.25) is 0 Å². The first-order chi connectivity index (χ1) is 5.77. The number of hydrogen-bond donors (Lipinski definition) is 0. The van der Waals surface area contributed by atoms with E-state index in [-0.39, 0.29) is 0 Å². The first-order valence-electron chi connectivity index (χ1n) is 4.48. The fraction of sp³-hybridized carbons (Fsp3) is 0.455. The average molecular weight is 178 g/mol. The fourth-order valence-electron chi connectivity index (χ4n) is 1.65. The first-order valence-corrected chi connectivity index (χ1v) is 5.46. The topological polar surface area (TPSA) is 0 Å². The van der Waals surface area contributed by atoms with Crippen LogP contribution >= 0.6 is 11.8 Å². The minimum absolute atomic E-state index is 0.789. The minimum Gasteiger partial charge on any atom is -0.126 e. The molecule has 12 heavy (non-hydrogen) atoms. The molecule has 1 heteroatoms. The molecule has 0 aromatic carbocycles. The van der Waals surface area contributed by atoms with Crippen molar-refractivity contribution in [1.82, 2.24) is 0 Å². The highest BCUT2D eigenvalue weighted by molar-refractivity contribution is 8.03. The van der Waals surface area contributed by atoms with Gasteiger partial charge in [-0.05, 0) is 30.9 Å². The van der Waals surface area contributed by atoms with Crippen LogP contribution in [0.25, 0.3) is 0 Å². The van der Waals surface area contributed by atoms with Crippen molar-refractivity contribution in [3.05, 3.63) is 34.3 Å². The molecule has 1 aliphatic heterocycles. The second-order valence-electron chi connectivity index (χ2n) is 3.59. The van der Waals surface area contributed by atoms with Crippen LogP contribution < -0.4 is 0 Å². The predicted molar refractivity (Wildman–Crippen MR) is 56.2 cm³/mol. The van der Waals surface area contributed by atoms with Crippen LogP contribution in [-0.2, 0) is 0 Å². The lowest BCUT2D eigenvalue weighted by Crippen LogP contribution is -1.95. The molecule has 0 spiro atoms. The van der Waals surface area contributed by atoms with Crippen LogP contribution in [0.3, 0.4) is 0 Å². The Bertz CT molecular complexity index is 281. The molecule has 0 nitrogen and oxygen atoms in total. The van der Waals surface area contributed by atoms with Crippen LogP contribution in [0, 0.1) is 5.92 Å². The molecular formula is C11H14S. The quantitative estimate of drug-likeness (QED) is 0.547. The summed E-state index contributed by atoms with van der Waals surface area (Å²) in [6, 6.07) is 0. The van der Waals surface area contributed by atoms with Gasteiger partial charge in [-0.1, -0.05) is 24.6 Å². The van der Waals surface area contributed by atoms with E-state index in [0.29, 0.717) is 0 Å². The Balaban J connectivity index is 2.30. The highest BCUT2D eigenvalue weighted by Gasteiger charge is 2.20. The van der Waals surface area contributed by atoms with Crippen molar-refractivity contribution < 1.29 is 0 Å². The van der Waals surface area contributed by atoms with Crippen molar-refractivity contribution in [3.63, 3.8) is 0 Å². The highest BCUT2D eigenvalue weighted by Crippen LogP contribution is 2.39. The van der Waals surface area contributed by atoms with Crippen LogP contribution in [0.4, 0.5) is 0 Å². The van der Waals surface area contributed by atoms with Gasteiger partial charge in [0, 0.05) is 10.7 Å². The van der Waals surface area contributed by atoms with Gasteiger partial charge in [0.25, 0.3) is 0 Å². The first kappa shape index (κ1) is 8.18. The lowest BCUT2D eigenvalue weighted by molar-refractivity contribution is 0.772. The monoisotopic (exact) mass is 178 g/mol. The third kappa shape index (κ3) is 1.38. The van der Waals surface area contributed by atoms with Crippen molar-refractivity contribution in [1.29, 1.82) is 0 Å². The summed E-state index contributed by atoms with van der Waals surface area (Å²) >= 11 is 2.01. The lowest BCUT2D eigenvalue weighted by atomic mass is 10.00. The van der Waals surface area contributed by atoms with Crippen LogP contribution in [0.2, 0.25) is 0 Å². The van der Waals surface area contributed by atoms with Crippen LogP contribution in [0.15, 0.2) is 34.3 Å². The summed E-state index contributed by atoms with van der Waals surface area (Å²) in [7, 11) is 0. The Morgan fingerprint density at radius 2 is 2.25 bits per heavy atom. The van der Waals surface area contributed by atoms with Crippen molar-refractivity contribution in [2.45, 2.75) is 20.3 Å². The van der Waals surface area contributed by atoms with Gasteiger partial charge in [-0.25, -0.2) is 0 Å². The predicted octanol–water partition coefficient (Wildman–Crippen LogP) is 3.53. The molecule has 0 aromatic heterocycles. The van der Waals surface area contributed by atoms with Crippen LogP contribution in [-0.4, -0.2) is 5.75 Å². The summed E-state index contributed by atoms with van der Waals surface area (Å²) in [5.41, 5.74) is 3.05. The summed E-state index contributed by atoms with van der Waals surface area (Å²) in [4.78, 5) is 1.52. The summed E-state index contributed by atoms with van der Waals surface area (Å²) in [5.74, 6) is 2.07. The molecule has 1 atom stereocenters. The number of rotatable bonds is 0. The molecule has 0 saturated carbocycles. The van der Waals surface area contributed by atoms with Gasteiger partial charge in [0.2, 0.25) is 0 Å². The molecular weight excluding hydrogens is 164 g/mol. The van der Waals surface area contributed by atoms with Gasteiger partial charge in [-0.15, -0.1) is 11.8 Å². The van der Waals surface area contributed by atoms with Gasteiger partial charge in [0.15, 0.2) is 0 Å². The van der Waals surface area contributed by atoms with E-state index in [9.17, 15) is 0 Å². The number of thioether (sulfide) groups is 1. The Hall–Kier alpha value is -0.430. The zero-order valence-corrected chi connectivity index (χ0v) is 8.45. The molecule has 0 radical (unpaired) electrons. The normalized spacial score (nSPS) is 28.5. The van der Waals surface area contributed by atoms with Crippen molar-refractivity contribution in [2.24, 2.45) is 5.92 Å². The van der Waals surface area contributed by atoms with Crippen LogP contribution in [0.5, 0.6) is 0 Å². The zero-order valence-electron chi connectivity index (χ0n) is 7.63. The minimum atomic E-state index is 0.789. The van der Waals surface area contributed by atoms with E-state index in [1.807, 2.05) is 11.8 Å². The number of hydrogen-bond acceptors (Lipinski definition) is 1. The summed E-state index contributed by atoms with van der Waals surface area (Å²) in [6.45, 7) is 4.51. The second-order valence-corrected chi connectivity index (χ2v) is 4.65. The molecule has 0 saturated heterocycles. The molecule has 0 amide bonds. The largest absolute Gasteiger partial charge is 0.126 e. The third-order valence-corrected chi connectivity index (χ3v) is 3.92. The van der Waals surface area contributed by atoms with E-state index in [1.54, 1.807) is 5.57 Å². The third-order valence-electron chi connectivity index (χ3n) is 2.54. The Morgan fingerprint density at radius 3 is 3.08 bits per heavy atom. The molecule has 1 unspecified atom stereocenters. The van der Waals surface area contributed by atoms with Crippen LogP contribution in [0.1, 0.15) is 20.3 Å². The Morgan fingerprint density at radius 1 is 1.42 bits per heavy atom. The molecule has 0 fully saturated rings. The molecule has 2 rings (SSSR count). The molecule has 0 N–H and O–H groups in total. The fourth-order valence-corrected chi connectivity index (χ4v) is 2.92. The summed E-state index contributed by atoms with van der Waals surface area (Å²) < 4.78 is 0. The maximum atomic E-state index is 2.33. The zero-order chi connectivity index (χ0) is 8.55. The van der Waals surface area contributed by atoms with E-state index in [0.717, 1.165) is 5.92 Å². The molecule has 2 aliphatic rings. The molecule has 1 heterocycles. The van der Waals surface area contributed by atoms with E-state index >= 15 is 0 Å². The van der Waals surface area contributed by atoms with E-state index in [4.69, 9.17) is 0 Å². The SMILES string of the molecule is CC1=CCC2=C(C=C1)SCC2C. The summed E-state index contributed by atoms with van der Waals surface area (Å²) in [6.07, 6.45) is 8.01. The van der Waals surface area contributed by atoms with Gasteiger partial charge in [0.1, 0.15) is 0 Å². The second kappa shape index (κ2) is 3.14. The van der Waals surface area contributed by atoms with Gasteiger partial charge in [-0.2, -0.15) is 0 Å². The van der Waals surface area contributed by atoms with Gasteiger partial charge < -0.3 is 0 Å². The average Bonchev–Trinajstić information content (AvgIpc) is 2.28. The Kier molecular flexibility index (Phi) is 2.14. The van der Waals surface area contributed by atoms with Gasteiger partial charge >= 0.3 is 0 Å². The van der Waals surface area contributed by atoms with Crippen molar-refractivity contribution >= 4 is 11.8 Å². The summed E-state index contributed by atoms with van der Waals surface area (Å²) in [5, 5.41) is 0. The molecule has 1 aliphatic carbocycles.